The SMILES string of the molecule is Cc1cc(C)cc(NC(=O)NCC(=O)Nc2cc(Cl)ccc2Cl)c1. The van der Waals surface area contributed by atoms with Crippen LogP contribution in [0.4, 0.5) is 16.2 Å². The van der Waals surface area contributed by atoms with Crippen LogP contribution in [0.15, 0.2) is 36.4 Å². The summed E-state index contributed by atoms with van der Waals surface area (Å²) in [6.45, 7) is 3.69. The molecule has 126 valence electrons. The van der Waals surface area contributed by atoms with Crippen LogP contribution in [0.1, 0.15) is 11.1 Å². The Balaban J connectivity index is 1.87. The summed E-state index contributed by atoms with van der Waals surface area (Å²) in [5, 5.41) is 8.58. The zero-order valence-electron chi connectivity index (χ0n) is 13.2. The van der Waals surface area contributed by atoms with E-state index < -0.39 is 11.9 Å². The number of halogens is 2. The number of hydrogen-bond acceptors (Lipinski definition) is 2. The third-order valence-corrected chi connectivity index (χ3v) is 3.66. The third-order valence-electron chi connectivity index (χ3n) is 3.09. The van der Waals surface area contributed by atoms with Crippen LogP contribution >= 0.6 is 23.2 Å². The monoisotopic (exact) mass is 365 g/mol. The van der Waals surface area contributed by atoms with E-state index in [1.165, 1.54) is 6.07 Å². The molecule has 3 amide bonds. The summed E-state index contributed by atoms with van der Waals surface area (Å²) in [4.78, 5) is 23.7. The molecule has 0 fully saturated rings. The number of carbonyl (C=O) groups excluding carboxylic acids is 2. The van der Waals surface area contributed by atoms with E-state index in [1.54, 1.807) is 12.1 Å². The Labute approximate surface area is 150 Å². The lowest BCUT2D eigenvalue weighted by molar-refractivity contribution is -0.115. The normalized spacial score (nSPS) is 10.2. The van der Waals surface area contributed by atoms with Crippen LogP contribution in [-0.2, 0) is 4.79 Å². The van der Waals surface area contributed by atoms with Gasteiger partial charge in [-0.25, -0.2) is 4.79 Å². The quantitative estimate of drug-likeness (QED) is 0.752. The predicted octanol–water partition coefficient (Wildman–Crippen LogP) is 4.37. The Bertz CT molecular complexity index is 758. The van der Waals surface area contributed by atoms with Crippen molar-refractivity contribution in [3.8, 4) is 0 Å². The largest absolute Gasteiger partial charge is 0.329 e. The van der Waals surface area contributed by atoms with Crippen molar-refractivity contribution in [3.05, 3.63) is 57.6 Å². The fourth-order valence-electron chi connectivity index (χ4n) is 2.17. The molecule has 2 aromatic rings. The van der Waals surface area contributed by atoms with Gasteiger partial charge in [-0.05, 0) is 55.3 Å². The number of nitrogens with one attached hydrogen (secondary N) is 3. The van der Waals surface area contributed by atoms with Gasteiger partial charge in [-0.1, -0.05) is 29.3 Å². The summed E-state index contributed by atoms with van der Waals surface area (Å²) in [6, 6.07) is 9.97. The number of benzene rings is 2. The Morgan fingerprint density at radius 2 is 1.62 bits per heavy atom. The molecule has 0 bridgehead atoms. The average Bonchev–Trinajstić information content (AvgIpc) is 2.48. The Morgan fingerprint density at radius 1 is 0.958 bits per heavy atom. The summed E-state index contributed by atoms with van der Waals surface area (Å²) in [6.07, 6.45) is 0. The predicted molar refractivity (Wildman–Crippen MR) is 98.0 cm³/mol. The zero-order chi connectivity index (χ0) is 17.7. The summed E-state index contributed by atoms with van der Waals surface area (Å²) in [5.74, 6) is -0.408. The number of urea groups is 1. The summed E-state index contributed by atoms with van der Waals surface area (Å²) in [7, 11) is 0. The van der Waals surface area contributed by atoms with E-state index in [0.717, 1.165) is 11.1 Å². The van der Waals surface area contributed by atoms with E-state index in [4.69, 9.17) is 23.2 Å². The van der Waals surface area contributed by atoms with Crippen molar-refractivity contribution in [2.45, 2.75) is 13.8 Å². The number of hydrogen-bond donors (Lipinski definition) is 3. The fourth-order valence-corrected chi connectivity index (χ4v) is 2.51. The van der Waals surface area contributed by atoms with Crippen molar-refractivity contribution >= 4 is 46.5 Å². The first-order valence-corrected chi connectivity index (χ1v) is 7.97. The second-order valence-corrected chi connectivity index (χ2v) is 6.20. The summed E-state index contributed by atoms with van der Waals surface area (Å²) < 4.78 is 0. The van der Waals surface area contributed by atoms with Crippen molar-refractivity contribution in [2.75, 3.05) is 17.2 Å². The maximum absolute atomic E-state index is 11.9. The van der Waals surface area contributed by atoms with Gasteiger partial charge >= 0.3 is 6.03 Å². The third kappa shape index (κ3) is 5.44. The molecule has 0 aliphatic rings. The number of aryl methyl sites for hydroxylation is 2. The van der Waals surface area contributed by atoms with Crippen LogP contribution in [0.5, 0.6) is 0 Å². The lowest BCUT2D eigenvalue weighted by Crippen LogP contribution is -2.35. The molecule has 0 spiro atoms. The standard InChI is InChI=1S/C17H17Cl2N3O2/c1-10-5-11(2)7-13(6-10)21-17(24)20-9-16(23)22-15-8-12(18)3-4-14(15)19/h3-8H,9H2,1-2H3,(H,22,23)(H2,20,21,24). The van der Waals surface area contributed by atoms with Crippen LogP contribution < -0.4 is 16.0 Å². The first-order chi connectivity index (χ1) is 11.3. The van der Waals surface area contributed by atoms with Gasteiger partial charge in [-0.15, -0.1) is 0 Å². The lowest BCUT2D eigenvalue weighted by Gasteiger charge is -2.10. The fraction of sp³-hybridized carbons (Fsp3) is 0.176. The van der Waals surface area contributed by atoms with Gasteiger partial charge in [0, 0.05) is 10.7 Å². The van der Waals surface area contributed by atoms with Crippen molar-refractivity contribution in [1.82, 2.24) is 5.32 Å². The van der Waals surface area contributed by atoms with E-state index in [1.807, 2.05) is 32.0 Å². The van der Waals surface area contributed by atoms with Crippen LogP contribution in [0.3, 0.4) is 0 Å². The maximum atomic E-state index is 11.9. The molecule has 0 aromatic heterocycles. The first kappa shape index (κ1) is 18.1. The minimum Gasteiger partial charge on any atom is -0.329 e. The summed E-state index contributed by atoms with van der Waals surface area (Å²) >= 11 is 11.8. The molecule has 0 unspecified atom stereocenters. The molecular formula is C17H17Cl2N3O2. The van der Waals surface area contributed by atoms with Gasteiger partial charge in [0.25, 0.3) is 0 Å². The van der Waals surface area contributed by atoms with E-state index in [9.17, 15) is 9.59 Å². The van der Waals surface area contributed by atoms with Crippen LogP contribution in [-0.4, -0.2) is 18.5 Å². The van der Waals surface area contributed by atoms with Gasteiger partial charge in [0.05, 0.1) is 17.3 Å². The molecule has 3 N–H and O–H groups in total. The van der Waals surface area contributed by atoms with E-state index in [0.29, 0.717) is 21.4 Å². The molecule has 2 aromatic carbocycles. The first-order valence-electron chi connectivity index (χ1n) is 7.21. The van der Waals surface area contributed by atoms with Crippen molar-refractivity contribution < 1.29 is 9.59 Å². The Kier molecular flexibility index (Phi) is 6.06. The van der Waals surface area contributed by atoms with Gasteiger partial charge in [0.1, 0.15) is 0 Å². The smallest absolute Gasteiger partial charge is 0.319 e. The molecule has 2 rings (SSSR count). The highest BCUT2D eigenvalue weighted by atomic mass is 35.5. The van der Waals surface area contributed by atoms with Crippen LogP contribution in [0.25, 0.3) is 0 Å². The number of rotatable bonds is 4. The van der Waals surface area contributed by atoms with Crippen molar-refractivity contribution in [1.29, 1.82) is 0 Å². The molecule has 0 atom stereocenters. The van der Waals surface area contributed by atoms with Gasteiger partial charge in [-0.2, -0.15) is 0 Å². The molecule has 0 radical (unpaired) electrons. The van der Waals surface area contributed by atoms with Crippen LogP contribution in [0, 0.1) is 13.8 Å². The topological polar surface area (TPSA) is 70.2 Å². The number of amides is 3. The molecule has 0 heterocycles. The summed E-state index contributed by atoms with van der Waals surface area (Å²) in [5.41, 5.74) is 3.14. The second kappa shape index (κ2) is 8.04. The van der Waals surface area contributed by atoms with E-state index in [-0.39, 0.29) is 6.54 Å². The molecule has 0 aliphatic carbocycles. The molecular weight excluding hydrogens is 349 g/mol. The Morgan fingerprint density at radius 3 is 2.29 bits per heavy atom. The molecule has 0 saturated carbocycles. The average molecular weight is 366 g/mol. The number of carbonyl (C=O) groups is 2. The highest BCUT2D eigenvalue weighted by molar-refractivity contribution is 6.35. The molecule has 24 heavy (non-hydrogen) atoms. The second-order valence-electron chi connectivity index (χ2n) is 5.36. The van der Waals surface area contributed by atoms with Gasteiger partial charge in [-0.3, -0.25) is 4.79 Å². The molecule has 0 aliphatic heterocycles. The van der Waals surface area contributed by atoms with Gasteiger partial charge < -0.3 is 16.0 Å². The van der Waals surface area contributed by atoms with E-state index >= 15 is 0 Å². The van der Waals surface area contributed by atoms with Gasteiger partial charge in [0.15, 0.2) is 0 Å². The zero-order valence-corrected chi connectivity index (χ0v) is 14.8. The van der Waals surface area contributed by atoms with Crippen molar-refractivity contribution in [2.24, 2.45) is 0 Å². The highest BCUT2D eigenvalue weighted by Gasteiger charge is 2.09. The molecule has 5 nitrogen and oxygen atoms in total. The molecule has 7 heteroatoms. The highest BCUT2D eigenvalue weighted by Crippen LogP contribution is 2.25. The van der Waals surface area contributed by atoms with Crippen LogP contribution in [0.2, 0.25) is 10.0 Å². The lowest BCUT2D eigenvalue weighted by atomic mass is 10.1. The van der Waals surface area contributed by atoms with Crippen molar-refractivity contribution in [3.63, 3.8) is 0 Å². The Hall–Kier alpha value is -2.24. The number of anilines is 2. The van der Waals surface area contributed by atoms with E-state index in [2.05, 4.69) is 16.0 Å². The minimum absolute atomic E-state index is 0.195. The molecule has 0 saturated heterocycles. The minimum atomic E-state index is -0.465. The maximum Gasteiger partial charge on any atom is 0.319 e. The van der Waals surface area contributed by atoms with Gasteiger partial charge in [0.2, 0.25) is 5.91 Å².